The molecule has 7 nitrogen and oxygen atoms in total. The number of carbonyl (C=O) groups excluding carboxylic acids is 1. The fourth-order valence-corrected chi connectivity index (χ4v) is 3.56. The van der Waals surface area contributed by atoms with Crippen molar-refractivity contribution < 1.29 is 13.9 Å². The molecule has 9 heteroatoms. The Kier molecular flexibility index (Phi) is 5.90. The molecule has 1 aliphatic heterocycles. The predicted octanol–water partition coefficient (Wildman–Crippen LogP) is 3.38. The van der Waals surface area contributed by atoms with Crippen molar-refractivity contribution in [3.63, 3.8) is 0 Å². The van der Waals surface area contributed by atoms with Crippen LogP contribution in [0.2, 0.25) is 5.02 Å². The normalized spacial score (nSPS) is 12.9. The van der Waals surface area contributed by atoms with Crippen LogP contribution in [0.5, 0.6) is 5.75 Å². The third-order valence-electron chi connectivity index (χ3n) is 5.15. The van der Waals surface area contributed by atoms with Gasteiger partial charge in [0.1, 0.15) is 11.6 Å². The number of hydrogen-bond donors (Lipinski definition) is 2. The Morgan fingerprint density at radius 3 is 2.77 bits per heavy atom. The van der Waals surface area contributed by atoms with E-state index in [9.17, 15) is 14.0 Å². The molecule has 1 amide bonds. The van der Waals surface area contributed by atoms with E-state index in [-0.39, 0.29) is 28.6 Å². The second kappa shape index (κ2) is 8.77. The molecule has 1 aromatic heterocycles. The lowest BCUT2D eigenvalue weighted by atomic mass is 10.1. The minimum atomic E-state index is -0.649. The Balaban J connectivity index is 1.50. The standard InChI is InChI=1S/C22H20ClFN4O3/c1-31-15-5-2-13(3-6-15)11-25-22-26-19-12-28(9-8-16(19)20(29)27-22)21(30)14-4-7-17(23)18(24)10-14/h2-7,10H,8-9,11-12H2,1H3,(H2,25,26,27,29). The van der Waals surface area contributed by atoms with E-state index in [0.29, 0.717) is 36.7 Å². The van der Waals surface area contributed by atoms with Crippen LogP contribution in [-0.4, -0.2) is 34.4 Å². The summed E-state index contributed by atoms with van der Waals surface area (Å²) in [6, 6.07) is 11.5. The average molecular weight is 443 g/mol. The summed E-state index contributed by atoms with van der Waals surface area (Å²) in [6.07, 6.45) is 0.373. The van der Waals surface area contributed by atoms with Gasteiger partial charge in [0.2, 0.25) is 5.95 Å². The van der Waals surface area contributed by atoms with E-state index in [1.165, 1.54) is 12.1 Å². The number of aromatic nitrogens is 2. The summed E-state index contributed by atoms with van der Waals surface area (Å²) >= 11 is 5.70. The van der Waals surface area contributed by atoms with Gasteiger partial charge in [-0.05, 0) is 42.3 Å². The highest BCUT2D eigenvalue weighted by Gasteiger charge is 2.25. The van der Waals surface area contributed by atoms with Gasteiger partial charge in [-0.2, -0.15) is 0 Å². The number of aromatic amines is 1. The first-order chi connectivity index (χ1) is 14.9. The average Bonchev–Trinajstić information content (AvgIpc) is 2.79. The first-order valence-electron chi connectivity index (χ1n) is 9.68. The molecule has 3 aromatic rings. The molecular formula is C22H20ClFN4O3. The van der Waals surface area contributed by atoms with Gasteiger partial charge in [-0.15, -0.1) is 0 Å². The summed E-state index contributed by atoms with van der Waals surface area (Å²) in [6.45, 7) is 0.970. The van der Waals surface area contributed by atoms with Crippen LogP contribution in [0.3, 0.4) is 0 Å². The molecule has 0 spiro atoms. The second-order valence-corrected chi connectivity index (χ2v) is 7.55. The number of nitrogens with zero attached hydrogens (tertiary/aromatic N) is 2. The fraction of sp³-hybridized carbons (Fsp3) is 0.227. The number of rotatable bonds is 5. The largest absolute Gasteiger partial charge is 0.497 e. The van der Waals surface area contributed by atoms with Gasteiger partial charge < -0.3 is 15.0 Å². The molecule has 0 unspecified atom stereocenters. The predicted molar refractivity (Wildman–Crippen MR) is 115 cm³/mol. The molecule has 0 radical (unpaired) electrons. The monoisotopic (exact) mass is 442 g/mol. The summed E-state index contributed by atoms with van der Waals surface area (Å²) in [5, 5.41) is 3.06. The Morgan fingerprint density at radius 1 is 1.29 bits per heavy atom. The number of carbonyl (C=O) groups is 1. The molecule has 160 valence electrons. The van der Waals surface area contributed by atoms with Crippen molar-refractivity contribution in [2.75, 3.05) is 19.0 Å². The van der Waals surface area contributed by atoms with Gasteiger partial charge in [0, 0.05) is 24.2 Å². The molecule has 2 N–H and O–H groups in total. The van der Waals surface area contributed by atoms with Gasteiger partial charge in [0.15, 0.2) is 0 Å². The summed E-state index contributed by atoms with van der Waals surface area (Å²) in [5.41, 5.74) is 2.04. The van der Waals surface area contributed by atoms with Crippen molar-refractivity contribution in [2.24, 2.45) is 0 Å². The lowest BCUT2D eigenvalue weighted by molar-refractivity contribution is 0.0731. The number of amides is 1. The van der Waals surface area contributed by atoms with Crippen LogP contribution >= 0.6 is 11.6 Å². The number of fused-ring (bicyclic) bond motifs is 1. The van der Waals surface area contributed by atoms with Gasteiger partial charge in [-0.25, -0.2) is 9.37 Å². The molecule has 1 aliphatic rings. The lowest BCUT2D eigenvalue weighted by Crippen LogP contribution is -2.39. The number of benzene rings is 2. The number of hydrogen-bond acceptors (Lipinski definition) is 5. The van der Waals surface area contributed by atoms with Gasteiger partial charge in [-0.1, -0.05) is 23.7 Å². The SMILES string of the molecule is COc1ccc(CNc2nc3c(c(=O)[nH]2)CCN(C(=O)c2ccc(Cl)c(F)c2)C3)cc1. The van der Waals surface area contributed by atoms with Crippen LogP contribution < -0.4 is 15.6 Å². The van der Waals surface area contributed by atoms with Gasteiger partial charge in [0.25, 0.3) is 11.5 Å². The lowest BCUT2D eigenvalue weighted by Gasteiger charge is -2.28. The maximum atomic E-state index is 13.7. The number of nitrogens with one attached hydrogen (secondary N) is 2. The molecule has 4 rings (SSSR count). The summed E-state index contributed by atoms with van der Waals surface area (Å²) in [7, 11) is 1.60. The van der Waals surface area contributed by atoms with Crippen molar-refractivity contribution in [3.8, 4) is 5.75 Å². The molecule has 0 bridgehead atoms. The molecule has 2 aromatic carbocycles. The minimum Gasteiger partial charge on any atom is -0.497 e. The first-order valence-corrected chi connectivity index (χ1v) is 10.1. The topological polar surface area (TPSA) is 87.3 Å². The number of methoxy groups -OCH3 is 1. The smallest absolute Gasteiger partial charge is 0.255 e. The Morgan fingerprint density at radius 2 is 2.06 bits per heavy atom. The van der Waals surface area contributed by atoms with Crippen LogP contribution in [0.15, 0.2) is 47.3 Å². The van der Waals surface area contributed by atoms with Crippen LogP contribution in [0.25, 0.3) is 0 Å². The maximum Gasteiger partial charge on any atom is 0.255 e. The molecule has 0 atom stereocenters. The van der Waals surface area contributed by atoms with Gasteiger partial charge in [0.05, 0.1) is 24.4 Å². The highest BCUT2D eigenvalue weighted by molar-refractivity contribution is 6.30. The van der Waals surface area contributed by atoms with Crippen LogP contribution in [0.1, 0.15) is 27.2 Å². The van der Waals surface area contributed by atoms with E-state index in [1.54, 1.807) is 12.0 Å². The zero-order valence-electron chi connectivity index (χ0n) is 16.7. The first kappa shape index (κ1) is 20.9. The molecular weight excluding hydrogens is 423 g/mol. The third kappa shape index (κ3) is 4.54. The highest BCUT2D eigenvalue weighted by atomic mass is 35.5. The molecule has 0 saturated heterocycles. The van der Waals surface area contributed by atoms with E-state index >= 15 is 0 Å². The van der Waals surface area contributed by atoms with E-state index in [0.717, 1.165) is 17.4 Å². The van der Waals surface area contributed by atoms with Crippen molar-refractivity contribution in [1.82, 2.24) is 14.9 Å². The summed E-state index contributed by atoms with van der Waals surface area (Å²) < 4.78 is 18.9. The number of halogens is 2. The second-order valence-electron chi connectivity index (χ2n) is 7.15. The fourth-order valence-electron chi connectivity index (χ4n) is 3.44. The van der Waals surface area contributed by atoms with Crippen molar-refractivity contribution in [3.05, 3.63) is 86.0 Å². The highest BCUT2D eigenvalue weighted by Crippen LogP contribution is 2.21. The third-order valence-corrected chi connectivity index (χ3v) is 5.45. The zero-order chi connectivity index (χ0) is 22.0. The van der Waals surface area contributed by atoms with E-state index < -0.39 is 5.82 Å². The Hall–Kier alpha value is -3.39. The quantitative estimate of drug-likeness (QED) is 0.632. The maximum absolute atomic E-state index is 13.7. The molecule has 0 fully saturated rings. The van der Waals surface area contributed by atoms with E-state index in [2.05, 4.69) is 15.3 Å². The van der Waals surface area contributed by atoms with Crippen LogP contribution in [0, 0.1) is 5.82 Å². The number of anilines is 1. The van der Waals surface area contributed by atoms with Crippen molar-refractivity contribution >= 4 is 23.5 Å². The molecule has 0 saturated carbocycles. The van der Waals surface area contributed by atoms with Crippen molar-refractivity contribution in [1.29, 1.82) is 0 Å². The van der Waals surface area contributed by atoms with E-state index in [4.69, 9.17) is 16.3 Å². The Bertz CT molecular complexity index is 1180. The number of ether oxygens (including phenoxy) is 1. The van der Waals surface area contributed by atoms with Gasteiger partial charge in [-0.3, -0.25) is 14.6 Å². The van der Waals surface area contributed by atoms with Crippen molar-refractivity contribution in [2.45, 2.75) is 19.5 Å². The molecule has 0 aliphatic carbocycles. The summed E-state index contributed by atoms with van der Waals surface area (Å²) in [4.78, 5) is 34.1. The van der Waals surface area contributed by atoms with Gasteiger partial charge >= 0.3 is 0 Å². The number of H-pyrrole nitrogens is 1. The Labute approximate surface area is 182 Å². The molecule has 2 heterocycles. The summed E-state index contributed by atoms with van der Waals surface area (Å²) in [5.74, 6) is 0.0985. The van der Waals surface area contributed by atoms with E-state index in [1.807, 2.05) is 24.3 Å². The van der Waals surface area contributed by atoms with Crippen LogP contribution in [-0.2, 0) is 19.5 Å². The van der Waals surface area contributed by atoms with Crippen LogP contribution in [0.4, 0.5) is 10.3 Å². The molecule has 31 heavy (non-hydrogen) atoms. The minimum absolute atomic E-state index is 0.0404. The zero-order valence-corrected chi connectivity index (χ0v) is 17.5.